The van der Waals surface area contributed by atoms with E-state index in [-0.39, 0.29) is 5.91 Å². The summed E-state index contributed by atoms with van der Waals surface area (Å²) < 4.78 is 4.93. The van der Waals surface area contributed by atoms with Gasteiger partial charge >= 0.3 is 0 Å². The van der Waals surface area contributed by atoms with Gasteiger partial charge in [0.2, 0.25) is 0 Å². The zero-order valence-corrected chi connectivity index (χ0v) is 13.3. The fourth-order valence-electron chi connectivity index (χ4n) is 1.62. The third-order valence-corrected chi connectivity index (χ3v) is 3.57. The molecule has 0 atom stereocenters. The van der Waals surface area contributed by atoms with Crippen LogP contribution >= 0.6 is 11.8 Å². The van der Waals surface area contributed by atoms with Crippen LogP contribution in [0, 0.1) is 0 Å². The molecule has 0 fully saturated rings. The second-order valence-corrected chi connectivity index (χ2v) is 6.34. The van der Waals surface area contributed by atoms with E-state index in [1.807, 2.05) is 24.3 Å². The first-order chi connectivity index (χ1) is 9.63. The highest BCUT2D eigenvalue weighted by Gasteiger charge is 2.05. The molecule has 0 radical (unpaired) electrons. The summed E-state index contributed by atoms with van der Waals surface area (Å²) in [5, 5.41) is 6.62. The Balaban J connectivity index is 2.29. The Kier molecular flexibility index (Phi) is 8.34. The van der Waals surface area contributed by atoms with E-state index in [0.29, 0.717) is 24.0 Å². The highest BCUT2D eigenvalue weighted by atomic mass is 32.2. The number of methoxy groups -OCH3 is 1. The molecular formula is C15H24N2O2S. The summed E-state index contributed by atoms with van der Waals surface area (Å²) in [5.74, 6) is -0.0281. The van der Waals surface area contributed by atoms with Crippen LogP contribution in [-0.4, -0.2) is 44.5 Å². The molecule has 4 nitrogen and oxygen atoms in total. The fraction of sp³-hybridized carbons (Fsp3) is 0.533. The summed E-state index contributed by atoms with van der Waals surface area (Å²) >= 11 is 1.79. The van der Waals surface area contributed by atoms with Gasteiger partial charge in [0.15, 0.2) is 0 Å². The number of hydrogen-bond acceptors (Lipinski definition) is 4. The van der Waals surface area contributed by atoms with Crippen molar-refractivity contribution in [3.63, 3.8) is 0 Å². The van der Waals surface area contributed by atoms with Crippen LogP contribution in [0.4, 0.5) is 0 Å². The van der Waals surface area contributed by atoms with Crippen LogP contribution in [0.3, 0.4) is 0 Å². The molecule has 1 rings (SSSR count). The lowest BCUT2D eigenvalue weighted by Gasteiger charge is -2.08. The second kappa shape index (κ2) is 9.80. The van der Waals surface area contributed by atoms with Gasteiger partial charge in [-0.2, -0.15) is 0 Å². The molecule has 0 aromatic heterocycles. The van der Waals surface area contributed by atoms with E-state index in [4.69, 9.17) is 4.74 Å². The van der Waals surface area contributed by atoms with Crippen LogP contribution in [0.1, 0.15) is 24.2 Å². The molecule has 0 aliphatic rings. The van der Waals surface area contributed by atoms with Crippen LogP contribution in [0.2, 0.25) is 0 Å². The van der Waals surface area contributed by atoms with Gasteiger partial charge in [-0.3, -0.25) is 4.79 Å². The smallest absolute Gasteiger partial charge is 0.251 e. The van der Waals surface area contributed by atoms with Crippen LogP contribution in [0.25, 0.3) is 0 Å². The predicted molar refractivity (Wildman–Crippen MR) is 84.5 cm³/mol. The first-order valence-corrected chi connectivity index (χ1v) is 7.76. The van der Waals surface area contributed by atoms with Crippen molar-refractivity contribution in [3.05, 3.63) is 29.8 Å². The standard InChI is InChI=1S/C15H24N2O2S/c1-12(2)20-14-6-4-13(5-7-14)15(18)17-9-8-16-10-11-19-3/h4-7,12,16H,8-11H2,1-3H3,(H,17,18). The van der Waals surface area contributed by atoms with Crippen LogP contribution in [-0.2, 0) is 4.74 Å². The number of benzene rings is 1. The summed E-state index contributed by atoms with van der Waals surface area (Å²) in [6.45, 7) is 7.15. The Morgan fingerprint density at radius 2 is 1.90 bits per heavy atom. The summed E-state index contributed by atoms with van der Waals surface area (Å²) in [5.41, 5.74) is 0.704. The summed E-state index contributed by atoms with van der Waals surface area (Å²) in [6.07, 6.45) is 0. The molecule has 20 heavy (non-hydrogen) atoms. The van der Waals surface area contributed by atoms with Gasteiger partial charge < -0.3 is 15.4 Å². The molecule has 1 amide bonds. The topological polar surface area (TPSA) is 50.4 Å². The average molecular weight is 296 g/mol. The van der Waals surface area contributed by atoms with Gasteiger partial charge in [-0.15, -0.1) is 11.8 Å². The number of hydrogen-bond donors (Lipinski definition) is 2. The number of carbonyl (C=O) groups is 1. The molecule has 0 saturated carbocycles. The Labute approximate surface area is 125 Å². The molecule has 0 heterocycles. The highest BCUT2D eigenvalue weighted by molar-refractivity contribution is 7.99. The van der Waals surface area contributed by atoms with E-state index in [0.717, 1.165) is 13.1 Å². The van der Waals surface area contributed by atoms with E-state index in [1.165, 1.54) is 4.90 Å². The minimum atomic E-state index is -0.0281. The largest absolute Gasteiger partial charge is 0.383 e. The average Bonchev–Trinajstić information content (AvgIpc) is 2.42. The van der Waals surface area contributed by atoms with Crippen LogP contribution in [0.5, 0.6) is 0 Å². The first-order valence-electron chi connectivity index (χ1n) is 6.88. The SMILES string of the molecule is COCCNCCNC(=O)c1ccc(SC(C)C)cc1. The zero-order valence-electron chi connectivity index (χ0n) is 12.4. The summed E-state index contributed by atoms with van der Waals surface area (Å²) in [6, 6.07) is 7.74. The minimum absolute atomic E-state index is 0.0281. The molecule has 0 bridgehead atoms. The Bertz CT molecular complexity index is 393. The highest BCUT2D eigenvalue weighted by Crippen LogP contribution is 2.22. The van der Waals surface area contributed by atoms with Crippen LogP contribution < -0.4 is 10.6 Å². The molecule has 0 spiro atoms. The molecule has 0 saturated heterocycles. The van der Waals surface area contributed by atoms with Crippen molar-refractivity contribution >= 4 is 17.7 Å². The molecule has 5 heteroatoms. The summed E-state index contributed by atoms with van der Waals surface area (Å²) in [4.78, 5) is 13.1. The van der Waals surface area contributed by atoms with Gasteiger partial charge in [0.05, 0.1) is 6.61 Å². The van der Waals surface area contributed by atoms with Crippen molar-refractivity contribution in [2.45, 2.75) is 24.0 Å². The third-order valence-electron chi connectivity index (χ3n) is 2.56. The second-order valence-electron chi connectivity index (χ2n) is 4.69. The molecule has 0 aliphatic heterocycles. The van der Waals surface area contributed by atoms with Gasteiger partial charge in [-0.05, 0) is 24.3 Å². The summed E-state index contributed by atoms with van der Waals surface area (Å²) in [7, 11) is 1.67. The number of ether oxygens (including phenoxy) is 1. The predicted octanol–water partition coefficient (Wildman–Crippen LogP) is 2.15. The lowest BCUT2D eigenvalue weighted by atomic mass is 10.2. The van der Waals surface area contributed by atoms with E-state index < -0.39 is 0 Å². The number of rotatable bonds is 9. The van der Waals surface area contributed by atoms with Gasteiger partial charge in [-0.25, -0.2) is 0 Å². The number of carbonyl (C=O) groups excluding carboxylic acids is 1. The quantitative estimate of drug-likeness (QED) is 0.541. The van der Waals surface area contributed by atoms with E-state index in [1.54, 1.807) is 18.9 Å². The molecule has 0 aliphatic carbocycles. The first kappa shape index (κ1) is 17.0. The third kappa shape index (κ3) is 6.93. The lowest BCUT2D eigenvalue weighted by molar-refractivity contribution is 0.0953. The molecule has 1 aromatic carbocycles. The Hall–Kier alpha value is -1.04. The maximum atomic E-state index is 11.9. The van der Waals surface area contributed by atoms with E-state index in [2.05, 4.69) is 24.5 Å². The molecule has 112 valence electrons. The van der Waals surface area contributed by atoms with Gasteiger partial charge in [-0.1, -0.05) is 13.8 Å². The number of amides is 1. The van der Waals surface area contributed by atoms with Gasteiger partial charge in [0.25, 0.3) is 5.91 Å². The fourth-order valence-corrected chi connectivity index (χ4v) is 2.46. The molecule has 0 unspecified atom stereocenters. The molecular weight excluding hydrogens is 272 g/mol. The molecule has 2 N–H and O–H groups in total. The van der Waals surface area contributed by atoms with Crippen LogP contribution in [0.15, 0.2) is 29.2 Å². The normalized spacial score (nSPS) is 10.8. The minimum Gasteiger partial charge on any atom is -0.383 e. The monoisotopic (exact) mass is 296 g/mol. The van der Waals surface area contributed by atoms with Crippen molar-refractivity contribution in [3.8, 4) is 0 Å². The lowest BCUT2D eigenvalue weighted by Crippen LogP contribution is -2.33. The van der Waals surface area contributed by atoms with Gasteiger partial charge in [0.1, 0.15) is 0 Å². The Morgan fingerprint density at radius 1 is 1.20 bits per heavy atom. The molecule has 1 aromatic rings. The van der Waals surface area contributed by atoms with Gasteiger partial charge in [0, 0.05) is 42.5 Å². The maximum Gasteiger partial charge on any atom is 0.251 e. The van der Waals surface area contributed by atoms with E-state index in [9.17, 15) is 4.79 Å². The maximum absolute atomic E-state index is 11.9. The van der Waals surface area contributed by atoms with Crippen molar-refractivity contribution in [2.24, 2.45) is 0 Å². The van der Waals surface area contributed by atoms with Crippen molar-refractivity contribution in [1.82, 2.24) is 10.6 Å². The zero-order chi connectivity index (χ0) is 14.8. The Morgan fingerprint density at radius 3 is 2.50 bits per heavy atom. The van der Waals surface area contributed by atoms with E-state index >= 15 is 0 Å². The number of nitrogens with one attached hydrogen (secondary N) is 2. The number of thioether (sulfide) groups is 1. The van der Waals surface area contributed by atoms with Crippen molar-refractivity contribution in [2.75, 3.05) is 33.4 Å². The van der Waals surface area contributed by atoms with Crippen molar-refractivity contribution in [1.29, 1.82) is 0 Å². The van der Waals surface area contributed by atoms with Crippen molar-refractivity contribution < 1.29 is 9.53 Å².